The molecule has 1 aromatic carbocycles. The number of nitrogens with one attached hydrogen (secondary N) is 2. The molecule has 0 aliphatic heterocycles. The quantitative estimate of drug-likeness (QED) is 0.508. The van der Waals surface area contributed by atoms with Gasteiger partial charge in [-0.1, -0.05) is 43.7 Å². The van der Waals surface area contributed by atoms with Gasteiger partial charge in [0.05, 0.1) is 6.61 Å². The average molecular weight is 338 g/mol. The molecule has 0 bridgehead atoms. The van der Waals surface area contributed by atoms with Crippen LogP contribution in [0.5, 0.6) is 0 Å². The van der Waals surface area contributed by atoms with Gasteiger partial charge in [0.25, 0.3) is 0 Å². The molecule has 0 spiro atoms. The number of carbonyl (C=O) groups excluding carboxylic acids is 2. The average Bonchev–Trinajstić information content (AvgIpc) is 2.55. The Balaban J connectivity index is 2.44. The van der Waals surface area contributed by atoms with Crippen molar-refractivity contribution in [3.8, 4) is 0 Å². The van der Waals surface area contributed by atoms with Gasteiger partial charge in [0.15, 0.2) is 0 Å². The second-order valence-corrected chi connectivity index (χ2v) is 6.09. The first-order valence-corrected chi connectivity index (χ1v) is 9.15. The Morgan fingerprint density at radius 1 is 1.22 bits per heavy atom. The third-order valence-electron chi connectivity index (χ3n) is 3.09. The van der Waals surface area contributed by atoms with E-state index in [-0.39, 0.29) is 6.03 Å². The molecule has 0 heterocycles. The highest BCUT2D eigenvalue weighted by atomic mass is 32.2. The maximum Gasteiger partial charge on any atom is 0.329 e. The van der Waals surface area contributed by atoms with E-state index in [0.29, 0.717) is 18.9 Å². The number of amides is 2. The third kappa shape index (κ3) is 8.50. The Hall–Kier alpha value is -1.69. The Labute approximate surface area is 142 Å². The van der Waals surface area contributed by atoms with Crippen molar-refractivity contribution >= 4 is 23.8 Å². The van der Waals surface area contributed by atoms with Crippen LogP contribution in [0.1, 0.15) is 32.3 Å². The highest BCUT2D eigenvalue weighted by molar-refractivity contribution is 7.98. The van der Waals surface area contributed by atoms with E-state index in [9.17, 15) is 9.59 Å². The van der Waals surface area contributed by atoms with Gasteiger partial charge < -0.3 is 15.4 Å². The lowest BCUT2D eigenvalue weighted by Gasteiger charge is -2.17. The molecule has 1 unspecified atom stereocenters. The van der Waals surface area contributed by atoms with Gasteiger partial charge >= 0.3 is 12.0 Å². The fourth-order valence-electron chi connectivity index (χ4n) is 1.87. The van der Waals surface area contributed by atoms with Crippen LogP contribution in [0.3, 0.4) is 0 Å². The zero-order valence-electron chi connectivity index (χ0n) is 13.8. The maximum absolute atomic E-state index is 12.0. The largest absolute Gasteiger partial charge is 0.464 e. The highest BCUT2D eigenvalue weighted by Gasteiger charge is 2.21. The van der Waals surface area contributed by atoms with Crippen LogP contribution in [0.2, 0.25) is 0 Å². The number of carbonyl (C=O) groups is 2. The van der Waals surface area contributed by atoms with Gasteiger partial charge in [-0.15, -0.1) is 0 Å². The van der Waals surface area contributed by atoms with E-state index in [1.165, 1.54) is 5.56 Å². The Morgan fingerprint density at radius 2 is 1.96 bits per heavy atom. The van der Waals surface area contributed by atoms with Crippen molar-refractivity contribution in [2.24, 2.45) is 0 Å². The molecule has 23 heavy (non-hydrogen) atoms. The normalized spacial score (nSPS) is 11.6. The molecule has 0 aromatic heterocycles. The summed E-state index contributed by atoms with van der Waals surface area (Å²) in [7, 11) is 0. The monoisotopic (exact) mass is 338 g/mol. The lowest BCUT2D eigenvalue weighted by atomic mass is 10.2. The number of benzene rings is 1. The zero-order valence-corrected chi connectivity index (χ0v) is 14.7. The maximum atomic E-state index is 12.0. The Bertz CT molecular complexity index is 468. The first kappa shape index (κ1) is 19.4. The molecule has 1 rings (SSSR count). The molecule has 6 heteroatoms. The number of hydrogen-bond acceptors (Lipinski definition) is 4. The Morgan fingerprint density at radius 3 is 2.61 bits per heavy atom. The lowest BCUT2D eigenvalue weighted by molar-refractivity contribution is -0.144. The van der Waals surface area contributed by atoms with Gasteiger partial charge in [0, 0.05) is 18.1 Å². The van der Waals surface area contributed by atoms with Crippen molar-refractivity contribution in [1.82, 2.24) is 10.6 Å². The van der Waals surface area contributed by atoms with Crippen molar-refractivity contribution in [1.29, 1.82) is 0 Å². The van der Waals surface area contributed by atoms with Gasteiger partial charge in [-0.2, -0.15) is 11.8 Å². The molecule has 0 radical (unpaired) electrons. The van der Waals surface area contributed by atoms with Crippen molar-refractivity contribution < 1.29 is 14.3 Å². The van der Waals surface area contributed by atoms with Crippen molar-refractivity contribution in [2.45, 2.75) is 38.5 Å². The fraction of sp³-hybridized carbons (Fsp3) is 0.529. The van der Waals surface area contributed by atoms with Crippen molar-refractivity contribution in [3.05, 3.63) is 35.9 Å². The first-order valence-electron chi connectivity index (χ1n) is 8.00. The molecule has 0 saturated heterocycles. The van der Waals surface area contributed by atoms with Crippen LogP contribution in [0, 0.1) is 0 Å². The zero-order chi connectivity index (χ0) is 16.9. The molecule has 1 atom stereocenters. The number of esters is 1. The summed E-state index contributed by atoms with van der Waals surface area (Å²) >= 11 is 1.60. The number of hydrogen-bond donors (Lipinski definition) is 2. The van der Waals surface area contributed by atoms with Gasteiger partial charge in [-0.25, -0.2) is 9.59 Å². The van der Waals surface area contributed by atoms with Crippen LogP contribution < -0.4 is 10.6 Å². The third-order valence-corrected chi connectivity index (χ3v) is 4.19. The summed E-state index contributed by atoms with van der Waals surface area (Å²) in [6, 6.07) is 9.06. The minimum absolute atomic E-state index is 0.303. The first-order chi connectivity index (χ1) is 11.2. The predicted molar refractivity (Wildman–Crippen MR) is 94.5 cm³/mol. The van der Waals surface area contributed by atoms with E-state index in [1.807, 2.05) is 30.3 Å². The fourth-order valence-corrected chi connectivity index (χ4v) is 2.87. The topological polar surface area (TPSA) is 67.4 Å². The highest BCUT2D eigenvalue weighted by Crippen LogP contribution is 2.13. The van der Waals surface area contributed by atoms with E-state index < -0.39 is 12.0 Å². The van der Waals surface area contributed by atoms with Crippen LogP contribution in [-0.2, 0) is 15.3 Å². The molecule has 1 aromatic rings. The SMILES string of the molecule is CCCCNC(=O)NC(CSCc1ccccc1)C(=O)OCC. The Kier molecular flexibility index (Phi) is 9.95. The van der Waals surface area contributed by atoms with E-state index in [2.05, 4.69) is 17.6 Å². The van der Waals surface area contributed by atoms with E-state index in [0.717, 1.165) is 18.6 Å². The molecule has 0 saturated carbocycles. The van der Waals surface area contributed by atoms with Gasteiger partial charge in [-0.3, -0.25) is 0 Å². The van der Waals surface area contributed by atoms with Crippen molar-refractivity contribution in [2.75, 3.05) is 18.9 Å². The van der Waals surface area contributed by atoms with Gasteiger partial charge in [0.2, 0.25) is 0 Å². The summed E-state index contributed by atoms with van der Waals surface area (Å²) in [5.74, 6) is 0.879. The predicted octanol–water partition coefficient (Wildman–Crippen LogP) is 2.95. The second kappa shape index (κ2) is 11.8. The lowest BCUT2D eigenvalue weighted by Crippen LogP contribution is -2.48. The molecule has 128 valence electrons. The summed E-state index contributed by atoms with van der Waals surface area (Å²) in [5, 5.41) is 5.45. The molecule has 0 fully saturated rings. The molecule has 5 nitrogen and oxygen atoms in total. The smallest absolute Gasteiger partial charge is 0.329 e. The van der Waals surface area contributed by atoms with E-state index >= 15 is 0 Å². The van der Waals surface area contributed by atoms with Gasteiger partial charge in [-0.05, 0) is 18.9 Å². The molecule has 0 aliphatic rings. The number of unbranched alkanes of at least 4 members (excludes halogenated alkanes) is 1. The molecule has 2 amide bonds. The number of ether oxygens (including phenoxy) is 1. The summed E-state index contributed by atoms with van der Waals surface area (Å²) in [5.41, 5.74) is 1.19. The van der Waals surface area contributed by atoms with Crippen LogP contribution >= 0.6 is 11.8 Å². The van der Waals surface area contributed by atoms with E-state index in [1.54, 1.807) is 18.7 Å². The summed E-state index contributed by atoms with van der Waals surface area (Å²) in [4.78, 5) is 23.8. The van der Waals surface area contributed by atoms with E-state index in [4.69, 9.17) is 4.74 Å². The minimum Gasteiger partial charge on any atom is -0.464 e. The number of urea groups is 1. The molecular weight excluding hydrogens is 312 g/mol. The molecule has 0 aliphatic carbocycles. The van der Waals surface area contributed by atoms with Gasteiger partial charge in [0.1, 0.15) is 6.04 Å². The van der Waals surface area contributed by atoms with Crippen LogP contribution in [-0.4, -0.2) is 36.9 Å². The second-order valence-electron chi connectivity index (χ2n) is 5.06. The summed E-state index contributed by atoms with van der Waals surface area (Å²) in [6.07, 6.45) is 1.93. The number of rotatable bonds is 10. The standard InChI is InChI=1S/C17H26N2O3S/c1-3-5-11-18-17(21)19-15(16(20)22-4-2)13-23-12-14-9-7-6-8-10-14/h6-10,15H,3-5,11-13H2,1-2H3,(H2,18,19,21). The minimum atomic E-state index is -0.634. The molecule has 2 N–H and O–H groups in total. The van der Waals surface area contributed by atoms with Crippen molar-refractivity contribution in [3.63, 3.8) is 0 Å². The molecular formula is C17H26N2O3S. The van der Waals surface area contributed by atoms with Crippen LogP contribution in [0.4, 0.5) is 4.79 Å². The summed E-state index contributed by atoms with van der Waals surface area (Å²) in [6.45, 7) is 4.72. The summed E-state index contributed by atoms with van der Waals surface area (Å²) < 4.78 is 5.04. The van der Waals surface area contributed by atoms with Crippen LogP contribution in [0.15, 0.2) is 30.3 Å². The number of thioether (sulfide) groups is 1. The van der Waals surface area contributed by atoms with Crippen LogP contribution in [0.25, 0.3) is 0 Å².